The van der Waals surface area contributed by atoms with Crippen molar-refractivity contribution in [2.75, 3.05) is 32.9 Å². The lowest BCUT2D eigenvalue weighted by molar-refractivity contribution is -0.125. The van der Waals surface area contributed by atoms with Crippen molar-refractivity contribution in [1.82, 2.24) is 10.3 Å². The SMILES string of the molecule is CC12CCC(C/C1=N/NC(=O)CO/N=C(/N)c1cccc(CN3CCOCC3)c1)C2(C)C. The molecule has 2 atom stereocenters. The van der Waals surface area contributed by atoms with E-state index in [-0.39, 0.29) is 29.2 Å². The maximum absolute atomic E-state index is 12.2. The molecule has 0 radical (unpaired) electrons. The number of nitrogens with zero attached hydrogens (tertiary/aromatic N) is 3. The number of hydrogen-bond donors (Lipinski definition) is 2. The van der Waals surface area contributed by atoms with E-state index in [1.165, 1.54) is 6.42 Å². The minimum atomic E-state index is -0.334. The Morgan fingerprint density at radius 2 is 2.09 bits per heavy atom. The van der Waals surface area contributed by atoms with E-state index < -0.39 is 0 Å². The molecular formula is C24H35N5O3. The number of amides is 1. The van der Waals surface area contributed by atoms with Crippen LogP contribution < -0.4 is 11.2 Å². The smallest absolute Gasteiger partial charge is 0.280 e. The Hall–Kier alpha value is -2.45. The van der Waals surface area contributed by atoms with Gasteiger partial charge in [-0.1, -0.05) is 44.1 Å². The van der Waals surface area contributed by atoms with Gasteiger partial charge in [-0.25, -0.2) is 5.43 Å². The van der Waals surface area contributed by atoms with E-state index in [9.17, 15) is 4.79 Å². The van der Waals surface area contributed by atoms with Gasteiger partial charge in [0, 0.05) is 36.3 Å². The van der Waals surface area contributed by atoms with Gasteiger partial charge in [-0.05, 0) is 42.2 Å². The second kappa shape index (κ2) is 9.19. The Labute approximate surface area is 190 Å². The summed E-state index contributed by atoms with van der Waals surface area (Å²) in [4.78, 5) is 19.7. The second-order valence-electron chi connectivity index (χ2n) is 9.93. The summed E-state index contributed by atoms with van der Waals surface area (Å²) >= 11 is 0. The first-order valence-corrected chi connectivity index (χ1v) is 11.5. The van der Waals surface area contributed by atoms with Gasteiger partial charge in [0.2, 0.25) is 0 Å². The molecule has 174 valence electrons. The summed E-state index contributed by atoms with van der Waals surface area (Å²) in [6.45, 7) is 10.9. The van der Waals surface area contributed by atoms with Crippen LogP contribution in [0.4, 0.5) is 0 Å². The molecule has 0 aromatic heterocycles. The molecule has 0 spiro atoms. The fourth-order valence-corrected chi connectivity index (χ4v) is 5.32. The number of carbonyl (C=O) groups excluding carboxylic acids is 1. The summed E-state index contributed by atoms with van der Waals surface area (Å²) < 4.78 is 5.40. The van der Waals surface area contributed by atoms with E-state index in [1.54, 1.807) is 0 Å². The Balaban J connectivity index is 1.28. The van der Waals surface area contributed by atoms with Gasteiger partial charge < -0.3 is 15.3 Å². The summed E-state index contributed by atoms with van der Waals surface area (Å²) in [6.07, 6.45) is 3.32. The first-order valence-electron chi connectivity index (χ1n) is 11.5. The van der Waals surface area contributed by atoms with Crippen LogP contribution in [-0.4, -0.2) is 55.3 Å². The summed E-state index contributed by atoms with van der Waals surface area (Å²) in [5.41, 5.74) is 12.0. The normalized spacial score (nSPS) is 28.8. The Kier molecular flexibility index (Phi) is 6.53. The molecule has 3 fully saturated rings. The van der Waals surface area contributed by atoms with Gasteiger partial charge in [0.25, 0.3) is 5.91 Å². The number of morpholine rings is 1. The zero-order valence-electron chi connectivity index (χ0n) is 19.4. The molecule has 3 N–H and O–H groups in total. The van der Waals surface area contributed by atoms with Crippen molar-refractivity contribution in [2.24, 2.45) is 32.7 Å². The maximum atomic E-state index is 12.2. The first-order chi connectivity index (χ1) is 15.3. The van der Waals surface area contributed by atoms with Crippen LogP contribution >= 0.6 is 0 Å². The van der Waals surface area contributed by atoms with Crippen molar-refractivity contribution in [3.63, 3.8) is 0 Å². The van der Waals surface area contributed by atoms with Crippen molar-refractivity contribution in [3.05, 3.63) is 35.4 Å². The van der Waals surface area contributed by atoms with Crippen LogP contribution in [0.1, 0.15) is 51.2 Å². The van der Waals surface area contributed by atoms with Gasteiger partial charge in [0.05, 0.1) is 13.2 Å². The number of nitrogens with one attached hydrogen (secondary N) is 1. The number of hydrogen-bond acceptors (Lipinski definition) is 6. The van der Waals surface area contributed by atoms with Crippen molar-refractivity contribution >= 4 is 17.5 Å². The number of fused-ring (bicyclic) bond motifs is 2. The molecule has 1 saturated heterocycles. The van der Waals surface area contributed by atoms with Crippen LogP contribution in [0, 0.1) is 16.7 Å². The minimum absolute atomic E-state index is 0.0562. The summed E-state index contributed by atoms with van der Waals surface area (Å²) in [7, 11) is 0. The van der Waals surface area contributed by atoms with Gasteiger partial charge in [-0.2, -0.15) is 5.10 Å². The molecule has 8 nitrogen and oxygen atoms in total. The summed E-state index contributed by atoms with van der Waals surface area (Å²) in [5.74, 6) is 0.553. The molecule has 4 rings (SSSR count). The van der Waals surface area contributed by atoms with Crippen LogP contribution in [-0.2, 0) is 20.9 Å². The van der Waals surface area contributed by atoms with Gasteiger partial charge in [0.1, 0.15) is 0 Å². The van der Waals surface area contributed by atoms with Gasteiger partial charge in [0.15, 0.2) is 12.4 Å². The predicted molar refractivity (Wildman–Crippen MR) is 124 cm³/mol. The first kappa shape index (κ1) is 22.7. The quantitative estimate of drug-likeness (QED) is 0.385. The third-order valence-electron chi connectivity index (χ3n) is 7.92. The van der Waals surface area contributed by atoms with Crippen LogP contribution in [0.3, 0.4) is 0 Å². The van der Waals surface area contributed by atoms with Gasteiger partial charge in [-0.15, -0.1) is 0 Å². The highest BCUT2D eigenvalue weighted by Crippen LogP contribution is 2.63. The molecule has 1 amide bonds. The molecule has 8 heteroatoms. The largest absolute Gasteiger partial charge is 0.384 e. The number of amidine groups is 1. The van der Waals surface area contributed by atoms with Crippen LogP contribution in [0.25, 0.3) is 0 Å². The number of nitrogens with two attached hydrogens (primary N) is 1. The predicted octanol–water partition coefficient (Wildman–Crippen LogP) is 2.47. The molecule has 2 saturated carbocycles. The molecule has 2 unspecified atom stereocenters. The number of benzene rings is 1. The number of hydrazone groups is 1. The Morgan fingerprint density at radius 1 is 1.31 bits per heavy atom. The molecule has 1 heterocycles. The molecule has 2 aliphatic carbocycles. The Bertz CT molecular complexity index is 907. The lowest BCUT2D eigenvalue weighted by Crippen LogP contribution is -2.35. The van der Waals surface area contributed by atoms with E-state index in [1.807, 2.05) is 18.2 Å². The van der Waals surface area contributed by atoms with Gasteiger partial charge >= 0.3 is 0 Å². The zero-order chi connectivity index (χ0) is 22.8. The molecular weight excluding hydrogens is 406 g/mol. The lowest BCUT2D eigenvalue weighted by atomic mass is 9.70. The summed E-state index contributed by atoms with van der Waals surface area (Å²) in [5, 5.41) is 8.37. The van der Waals surface area contributed by atoms with Crippen molar-refractivity contribution in [3.8, 4) is 0 Å². The van der Waals surface area contributed by atoms with E-state index in [0.29, 0.717) is 5.92 Å². The highest BCUT2D eigenvalue weighted by Gasteiger charge is 2.60. The molecule has 1 aliphatic heterocycles. The number of ether oxygens (including phenoxy) is 1. The minimum Gasteiger partial charge on any atom is -0.384 e. The fraction of sp³-hybridized carbons (Fsp3) is 0.625. The second-order valence-corrected chi connectivity index (χ2v) is 9.93. The number of oxime groups is 1. The average molecular weight is 442 g/mol. The average Bonchev–Trinajstić information content (AvgIpc) is 3.12. The van der Waals surface area contributed by atoms with Crippen molar-refractivity contribution in [2.45, 2.75) is 46.6 Å². The fourth-order valence-electron chi connectivity index (χ4n) is 5.32. The highest BCUT2D eigenvalue weighted by molar-refractivity contribution is 5.97. The molecule has 32 heavy (non-hydrogen) atoms. The van der Waals surface area contributed by atoms with Crippen molar-refractivity contribution < 1.29 is 14.4 Å². The molecule has 1 aromatic carbocycles. The number of rotatable bonds is 7. The van der Waals surface area contributed by atoms with E-state index in [0.717, 1.165) is 62.5 Å². The third-order valence-corrected chi connectivity index (χ3v) is 7.92. The maximum Gasteiger partial charge on any atom is 0.280 e. The molecule has 1 aromatic rings. The highest BCUT2D eigenvalue weighted by atomic mass is 16.6. The lowest BCUT2D eigenvalue weighted by Gasteiger charge is -2.34. The van der Waals surface area contributed by atoms with Crippen molar-refractivity contribution in [1.29, 1.82) is 0 Å². The Morgan fingerprint density at radius 3 is 2.78 bits per heavy atom. The topological polar surface area (TPSA) is 102 Å². The molecule has 2 bridgehead atoms. The standard InChI is InChI=1S/C24H35N5O3/c1-23(2)19-7-8-24(23,3)20(14-19)26-27-21(30)16-32-28-22(25)18-6-4-5-17(13-18)15-29-9-11-31-12-10-29/h4-6,13,19H,7-12,14-16H2,1-3H3,(H2,25,28)(H,27,30)/b26-20-. The third kappa shape index (κ3) is 4.52. The summed E-state index contributed by atoms with van der Waals surface area (Å²) in [6, 6.07) is 7.90. The molecule has 3 aliphatic rings. The van der Waals surface area contributed by atoms with Gasteiger partial charge in [-0.3, -0.25) is 9.69 Å². The van der Waals surface area contributed by atoms with Crippen LogP contribution in [0.15, 0.2) is 34.5 Å². The van der Waals surface area contributed by atoms with E-state index in [2.05, 4.69) is 47.4 Å². The number of carbonyl (C=O) groups is 1. The van der Waals surface area contributed by atoms with Crippen LogP contribution in [0.5, 0.6) is 0 Å². The van der Waals surface area contributed by atoms with E-state index in [4.69, 9.17) is 15.3 Å². The zero-order valence-corrected chi connectivity index (χ0v) is 19.4. The van der Waals surface area contributed by atoms with E-state index >= 15 is 0 Å². The van der Waals surface area contributed by atoms with Crippen LogP contribution in [0.2, 0.25) is 0 Å². The monoisotopic (exact) mass is 441 g/mol.